The Balaban J connectivity index is 2.41. The lowest BCUT2D eigenvalue weighted by atomic mass is 9.93. The summed E-state index contributed by atoms with van der Waals surface area (Å²) >= 11 is 12.6. The molecule has 2 nitrogen and oxygen atoms in total. The molecule has 0 aliphatic rings. The van der Waals surface area contributed by atoms with Crippen molar-refractivity contribution in [3.8, 4) is 6.07 Å². The number of nitrogens with one attached hydrogen (secondary N) is 1. The number of hydrogen-bond acceptors (Lipinski definition) is 2. The van der Waals surface area contributed by atoms with Crippen molar-refractivity contribution < 1.29 is 4.39 Å². The first kappa shape index (κ1) is 16.3. The standard InChI is InChI=1S/C15H10Br2ClFN2/c1-15(8-20,11-4-2-9(19)6-12(11)16)21-10-3-5-14(18)13(17)7-10/h2-7,21H,1H3. The minimum Gasteiger partial charge on any atom is -0.364 e. The summed E-state index contributed by atoms with van der Waals surface area (Å²) in [6, 6.07) is 11.8. The highest BCUT2D eigenvalue weighted by atomic mass is 79.9. The summed E-state index contributed by atoms with van der Waals surface area (Å²) in [5.41, 5.74) is 0.365. The highest BCUT2D eigenvalue weighted by molar-refractivity contribution is 9.10. The van der Waals surface area contributed by atoms with Gasteiger partial charge >= 0.3 is 0 Å². The van der Waals surface area contributed by atoms with Gasteiger partial charge < -0.3 is 5.32 Å². The number of rotatable bonds is 3. The maximum absolute atomic E-state index is 13.2. The van der Waals surface area contributed by atoms with Crippen molar-refractivity contribution in [1.29, 1.82) is 5.26 Å². The molecule has 0 spiro atoms. The molecule has 2 aromatic rings. The van der Waals surface area contributed by atoms with Crippen LogP contribution in [0.4, 0.5) is 10.1 Å². The van der Waals surface area contributed by atoms with Crippen molar-refractivity contribution in [2.24, 2.45) is 0 Å². The Morgan fingerprint density at radius 2 is 1.90 bits per heavy atom. The van der Waals surface area contributed by atoms with Crippen LogP contribution < -0.4 is 5.32 Å². The zero-order valence-corrected chi connectivity index (χ0v) is 14.9. The van der Waals surface area contributed by atoms with Crippen LogP contribution in [0.5, 0.6) is 0 Å². The topological polar surface area (TPSA) is 35.8 Å². The van der Waals surface area contributed by atoms with Crippen LogP contribution in [-0.4, -0.2) is 0 Å². The number of benzene rings is 2. The highest BCUT2D eigenvalue weighted by Crippen LogP contribution is 2.33. The first-order valence-corrected chi connectivity index (χ1v) is 7.92. The van der Waals surface area contributed by atoms with Crippen LogP contribution >= 0.6 is 43.5 Å². The molecule has 2 rings (SSSR count). The Bertz CT molecular complexity index is 730. The molecule has 1 atom stereocenters. The summed E-state index contributed by atoms with van der Waals surface area (Å²) in [5.74, 6) is -0.361. The van der Waals surface area contributed by atoms with Gasteiger partial charge in [0.1, 0.15) is 11.4 Å². The van der Waals surface area contributed by atoms with Gasteiger partial charge in [-0.2, -0.15) is 5.26 Å². The van der Waals surface area contributed by atoms with Gasteiger partial charge in [-0.3, -0.25) is 0 Å². The van der Waals surface area contributed by atoms with Gasteiger partial charge in [0.05, 0.1) is 11.1 Å². The van der Waals surface area contributed by atoms with E-state index in [1.54, 1.807) is 31.2 Å². The van der Waals surface area contributed by atoms with Crippen molar-refractivity contribution in [3.05, 3.63) is 61.7 Å². The minimum atomic E-state index is -1.01. The molecular weight excluding hydrogens is 422 g/mol. The second kappa shape index (κ2) is 6.35. The number of nitriles is 1. The largest absolute Gasteiger partial charge is 0.364 e. The summed E-state index contributed by atoms with van der Waals surface area (Å²) in [6.07, 6.45) is 0. The molecule has 1 unspecified atom stereocenters. The molecule has 0 heterocycles. The lowest BCUT2D eigenvalue weighted by Crippen LogP contribution is -2.30. The maximum atomic E-state index is 13.2. The molecule has 0 saturated heterocycles. The van der Waals surface area contributed by atoms with Crippen molar-refractivity contribution in [1.82, 2.24) is 0 Å². The number of halogens is 4. The van der Waals surface area contributed by atoms with Gasteiger partial charge in [-0.1, -0.05) is 33.6 Å². The van der Waals surface area contributed by atoms with Gasteiger partial charge in [-0.05, 0) is 53.2 Å². The maximum Gasteiger partial charge on any atom is 0.149 e. The van der Waals surface area contributed by atoms with Crippen molar-refractivity contribution in [3.63, 3.8) is 0 Å². The third-order valence-electron chi connectivity index (χ3n) is 3.01. The molecule has 1 N–H and O–H groups in total. The molecule has 0 saturated carbocycles. The predicted molar refractivity (Wildman–Crippen MR) is 89.8 cm³/mol. The van der Waals surface area contributed by atoms with Crippen LogP contribution in [-0.2, 0) is 5.54 Å². The third-order valence-corrected chi connectivity index (χ3v) is 4.88. The van der Waals surface area contributed by atoms with Crippen LogP contribution in [0.3, 0.4) is 0 Å². The average Bonchev–Trinajstić information content (AvgIpc) is 2.42. The van der Waals surface area contributed by atoms with E-state index in [9.17, 15) is 9.65 Å². The highest BCUT2D eigenvalue weighted by Gasteiger charge is 2.28. The Labute approximate surface area is 144 Å². The molecule has 2 aromatic carbocycles. The Hall–Kier alpha value is -1.09. The fourth-order valence-corrected chi connectivity index (χ4v) is 3.16. The van der Waals surface area contributed by atoms with Gasteiger partial charge in [0, 0.05) is 20.2 Å². The molecule has 6 heteroatoms. The third kappa shape index (κ3) is 3.57. The lowest BCUT2D eigenvalue weighted by Gasteiger charge is -2.26. The molecule has 0 radical (unpaired) electrons. The first-order valence-electron chi connectivity index (χ1n) is 5.96. The van der Waals surface area contributed by atoms with Gasteiger partial charge in [0.15, 0.2) is 0 Å². The van der Waals surface area contributed by atoms with E-state index in [4.69, 9.17) is 11.6 Å². The molecular formula is C15H10Br2ClFN2. The van der Waals surface area contributed by atoms with E-state index in [-0.39, 0.29) is 5.82 Å². The number of hydrogen-bond donors (Lipinski definition) is 1. The summed E-state index contributed by atoms with van der Waals surface area (Å²) in [4.78, 5) is 0. The summed E-state index contributed by atoms with van der Waals surface area (Å²) < 4.78 is 14.5. The molecule has 0 aliphatic carbocycles. The minimum absolute atomic E-state index is 0.361. The van der Waals surface area contributed by atoms with Crippen LogP contribution in [0.15, 0.2) is 45.3 Å². The van der Waals surface area contributed by atoms with E-state index in [1.807, 2.05) is 0 Å². The van der Waals surface area contributed by atoms with Crippen LogP contribution in [0.2, 0.25) is 5.02 Å². The molecule has 0 fully saturated rings. The number of nitrogens with zero attached hydrogens (tertiary/aromatic N) is 1. The second-order valence-electron chi connectivity index (χ2n) is 4.61. The Kier molecular flexibility index (Phi) is 4.92. The van der Waals surface area contributed by atoms with E-state index in [2.05, 4.69) is 43.2 Å². The smallest absolute Gasteiger partial charge is 0.149 e. The summed E-state index contributed by atoms with van der Waals surface area (Å²) in [5, 5.41) is 13.3. The van der Waals surface area contributed by atoms with Crippen molar-refractivity contribution in [2.45, 2.75) is 12.5 Å². The fraction of sp³-hybridized carbons (Fsp3) is 0.133. The zero-order chi connectivity index (χ0) is 15.6. The molecule has 0 aliphatic heterocycles. The molecule has 0 amide bonds. The lowest BCUT2D eigenvalue weighted by molar-refractivity contribution is 0.621. The van der Waals surface area contributed by atoms with Crippen LogP contribution in [0.25, 0.3) is 0 Å². The van der Waals surface area contributed by atoms with E-state index in [1.165, 1.54) is 12.1 Å². The Morgan fingerprint density at radius 1 is 1.19 bits per heavy atom. The first-order chi connectivity index (χ1) is 9.85. The monoisotopic (exact) mass is 430 g/mol. The zero-order valence-electron chi connectivity index (χ0n) is 10.9. The second-order valence-corrected chi connectivity index (χ2v) is 6.73. The molecule has 21 heavy (non-hydrogen) atoms. The van der Waals surface area contributed by atoms with E-state index < -0.39 is 5.54 Å². The van der Waals surface area contributed by atoms with Crippen molar-refractivity contribution >= 4 is 49.1 Å². The van der Waals surface area contributed by atoms with E-state index in [0.29, 0.717) is 15.1 Å². The SMILES string of the molecule is CC(C#N)(Nc1ccc(Cl)c(Br)c1)c1ccc(F)cc1Br. The van der Waals surface area contributed by atoms with Crippen LogP contribution in [0.1, 0.15) is 12.5 Å². The predicted octanol–water partition coefficient (Wildman–Crippen LogP) is 5.85. The number of anilines is 1. The quantitative estimate of drug-likeness (QED) is 0.660. The van der Waals surface area contributed by atoms with Gasteiger partial charge in [0.2, 0.25) is 0 Å². The molecule has 108 valence electrons. The Morgan fingerprint density at radius 3 is 2.48 bits per heavy atom. The normalized spacial score (nSPS) is 13.3. The van der Waals surface area contributed by atoms with E-state index in [0.717, 1.165) is 10.2 Å². The van der Waals surface area contributed by atoms with Crippen LogP contribution in [0, 0.1) is 17.1 Å². The fourth-order valence-electron chi connectivity index (χ4n) is 1.91. The van der Waals surface area contributed by atoms with E-state index >= 15 is 0 Å². The molecule has 0 aromatic heterocycles. The van der Waals surface area contributed by atoms with Gasteiger partial charge in [0.25, 0.3) is 0 Å². The summed E-state index contributed by atoms with van der Waals surface area (Å²) in [6.45, 7) is 1.73. The van der Waals surface area contributed by atoms with Crippen molar-refractivity contribution in [2.75, 3.05) is 5.32 Å². The summed E-state index contributed by atoms with van der Waals surface area (Å²) in [7, 11) is 0. The van der Waals surface area contributed by atoms with Gasteiger partial charge in [-0.15, -0.1) is 0 Å². The average molecular weight is 433 g/mol. The van der Waals surface area contributed by atoms with Gasteiger partial charge in [-0.25, -0.2) is 4.39 Å². The molecule has 0 bridgehead atoms.